The number of anilines is 1. The van der Waals surface area contributed by atoms with Gasteiger partial charge in [-0.2, -0.15) is 10.1 Å². The van der Waals surface area contributed by atoms with E-state index in [1.165, 1.54) is 0 Å². The van der Waals surface area contributed by atoms with Crippen molar-refractivity contribution < 1.29 is 13.6 Å². The van der Waals surface area contributed by atoms with Crippen LogP contribution in [0.15, 0.2) is 29.4 Å². The fraction of sp³-hybridized carbons (Fsp3) is 0.182. The van der Waals surface area contributed by atoms with Crippen LogP contribution < -0.4 is 5.01 Å². The molecule has 0 aliphatic carbocycles. The first kappa shape index (κ1) is 10.8. The van der Waals surface area contributed by atoms with Crippen molar-refractivity contribution in [2.24, 2.45) is 5.10 Å². The highest BCUT2D eigenvalue weighted by molar-refractivity contribution is 6.13. The van der Waals surface area contributed by atoms with E-state index in [4.69, 9.17) is 0 Å². The highest BCUT2D eigenvalue weighted by atomic mass is 19.3. The second kappa shape index (κ2) is 3.86. The van der Waals surface area contributed by atoms with E-state index >= 15 is 0 Å². The molecule has 0 unspecified atom stereocenters. The summed E-state index contributed by atoms with van der Waals surface area (Å²) in [6.45, 7) is 0. The quantitative estimate of drug-likeness (QED) is 0.885. The number of nitrogens with zero attached hydrogens (tertiary/aromatic N) is 3. The molecule has 7 heteroatoms. The van der Waals surface area contributed by atoms with Gasteiger partial charge in [-0.1, -0.05) is 12.1 Å². The van der Waals surface area contributed by atoms with Gasteiger partial charge in [0.15, 0.2) is 0 Å². The number of aromatic amines is 1. The molecule has 1 aromatic heterocycles. The van der Waals surface area contributed by atoms with Crippen LogP contribution in [-0.2, 0) is 4.79 Å². The summed E-state index contributed by atoms with van der Waals surface area (Å²) >= 11 is 0. The van der Waals surface area contributed by atoms with E-state index in [2.05, 4.69) is 15.1 Å². The number of benzene rings is 1. The third kappa shape index (κ3) is 1.64. The Morgan fingerprint density at radius 3 is 2.78 bits per heavy atom. The smallest absolute Gasteiger partial charge is 0.278 e. The number of imidazole rings is 1. The molecule has 1 aliphatic rings. The van der Waals surface area contributed by atoms with Crippen molar-refractivity contribution in [3.8, 4) is 0 Å². The summed E-state index contributed by atoms with van der Waals surface area (Å²) < 4.78 is 24.9. The van der Waals surface area contributed by atoms with Gasteiger partial charge >= 0.3 is 0 Å². The summed E-state index contributed by atoms with van der Waals surface area (Å²) in [6.07, 6.45) is -3.09. The number of hydrogen-bond donors (Lipinski definition) is 1. The van der Waals surface area contributed by atoms with Crippen LogP contribution in [0.1, 0.15) is 6.42 Å². The van der Waals surface area contributed by atoms with E-state index in [1.807, 2.05) is 6.07 Å². The minimum atomic E-state index is -2.72. The Morgan fingerprint density at radius 1 is 1.33 bits per heavy atom. The van der Waals surface area contributed by atoms with Gasteiger partial charge in [-0.05, 0) is 12.1 Å². The van der Waals surface area contributed by atoms with Crippen molar-refractivity contribution in [2.75, 3.05) is 5.01 Å². The number of alkyl halides is 2. The van der Waals surface area contributed by atoms with Gasteiger partial charge in [-0.3, -0.25) is 4.79 Å². The molecule has 92 valence electrons. The normalized spacial score (nSPS) is 15.8. The number of amides is 1. The minimum Gasteiger partial charge on any atom is -0.322 e. The SMILES string of the molecule is O=C1CC(C(F)F)=NN1c1nc2ccccc2[nH]1. The summed E-state index contributed by atoms with van der Waals surface area (Å²) in [7, 11) is 0. The van der Waals surface area contributed by atoms with Gasteiger partial charge in [0.2, 0.25) is 5.95 Å². The molecule has 0 fully saturated rings. The van der Waals surface area contributed by atoms with Crippen molar-refractivity contribution in [1.29, 1.82) is 0 Å². The maximum atomic E-state index is 12.5. The number of halogens is 2. The molecule has 1 aliphatic heterocycles. The van der Waals surface area contributed by atoms with Crippen molar-refractivity contribution >= 4 is 28.6 Å². The van der Waals surface area contributed by atoms with Crippen molar-refractivity contribution in [2.45, 2.75) is 12.8 Å². The summed E-state index contributed by atoms with van der Waals surface area (Å²) in [5.41, 5.74) is 0.947. The lowest BCUT2D eigenvalue weighted by Gasteiger charge is -2.05. The monoisotopic (exact) mass is 250 g/mol. The van der Waals surface area contributed by atoms with Crippen LogP contribution in [0.3, 0.4) is 0 Å². The Balaban J connectivity index is 2.02. The Bertz CT molecular complexity index is 616. The zero-order valence-electron chi connectivity index (χ0n) is 9.10. The Hall–Kier alpha value is -2.31. The maximum Gasteiger partial charge on any atom is 0.278 e. The third-order valence-electron chi connectivity index (χ3n) is 2.63. The topological polar surface area (TPSA) is 61.4 Å². The number of H-pyrrole nitrogens is 1. The van der Waals surface area contributed by atoms with E-state index in [0.717, 1.165) is 10.5 Å². The highest BCUT2D eigenvalue weighted by Crippen LogP contribution is 2.22. The number of fused-ring (bicyclic) bond motifs is 1. The Morgan fingerprint density at radius 2 is 2.11 bits per heavy atom. The number of hydrogen-bond acceptors (Lipinski definition) is 3. The average Bonchev–Trinajstić information content (AvgIpc) is 2.91. The third-order valence-corrected chi connectivity index (χ3v) is 2.63. The van der Waals surface area contributed by atoms with Crippen LogP contribution in [0.4, 0.5) is 14.7 Å². The summed E-state index contributed by atoms with van der Waals surface area (Å²) in [4.78, 5) is 18.6. The van der Waals surface area contributed by atoms with Crippen molar-refractivity contribution in [3.63, 3.8) is 0 Å². The van der Waals surface area contributed by atoms with Gasteiger partial charge in [0.25, 0.3) is 12.3 Å². The van der Waals surface area contributed by atoms with Crippen LogP contribution >= 0.6 is 0 Å². The molecule has 2 aromatic rings. The van der Waals surface area contributed by atoms with Crippen LogP contribution in [0.2, 0.25) is 0 Å². The zero-order valence-corrected chi connectivity index (χ0v) is 9.10. The van der Waals surface area contributed by atoms with Gasteiger partial charge in [0.1, 0.15) is 5.71 Å². The van der Waals surface area contributed by atoms with Gasteiger partial charge < -0.3 is 4.98 Å². The lowest BCUT2D eigenvalue weighted by Crippen LogP contribution is -2.20. The fourth-order valence-corrected chi connectivity index (χ4v) is 1.78. The molecule has 1 N–H and O–H groups in total. The minimum absolute atomic E-state index is 0.164. The molecule has 3 rings (SSSR count). The molecular formula is C11H8F2N4O. The van der Waals surface area contributed by atoms with Crippen LogP contribution in [-0.4, -0.2) is 28.0 Å². The second-order valence-corrected chi connectivity index (χ2v) is 3.85. The van der Waals surface area contributed by atoms with Gasteiger partial charge in [-0.25, -0.2) is 13.8 Å². The first-order chi connectivity index (χ1) is 8.65. The number of aromatic nitrogens is 2. The van der Waals surface area contributed by atoms with Gasteiger partial charge in [0, 0.05) is 0 Å². The zero-order chi connectivity index (χ0) is 12.7. The first-order valence-corrected chi connectivity index (χ1v) is 5.28. The van der Waals surface area contributed by atoms with Crippen molar-refractivity contribution in [3.05, 3.63) is 24.3 Å². The summed E-state index contributed by atoms with van der Waals surface area (Å²) in [6, 6.07) is 7.15. The number of para-hydroxylation sites is 2. The fourth-order valence-electron chi connectivity index (χ4n) is 1.78. The lowest BCUT2D eigenvalue weighted by atomic mass is 10.3. The highest BCUT2D eigenvalue weighted by Gasteiger charge is 2.31. The predicted molar refractivity (Wildman–Crippen MR) is 61.6 cm³/mol. The van der Waals surface area contributed by atoms with Gasteiger partial charge in [-0.15, -0.1) is 0 Å². The van der Waals surface area contributed by atoms with Gasteiger partial charge in [0.05, 0.1) is 17.5 Å². The molecule has 2 heterocycles. The molecule has 18 heavy (non-hydrogen) atoms. The van der Waals surface area contributed by atoms with Crippen LogP contribution in [0.5, 0.6) is 0 Å². The summed E-state index contributed by atoms with van der Waals surface area (Å²) in [5, 5.41) is 4.48. The van der Waals surface area contributed by atoms with E-state index in [1.54, 1.807) is 18.2 Å². The molecule has 0 atom stereocenters. The number of carbonyl (C=O) groups is 1. The van der Waals surface area contributed by atoms with E-state index in [-0.39, 0.29) is 12.4 Å². The first-order valence-electron chi connectivity index (χ1n) is 5.28. The van der Waals surface area contributed by atoms with E-state index in [0.29, 0.717) is 5.52 Å². The molecule has 0 saturated heterocycles. The molecule has 1 aromatic carbocycles. The van der Waals surface area contributed by atoms with E-state index in [9.17, 15) is 13.6 Å². The molecule has 0 spiro atoms. The molecule has 0 bridgehead atoms. The van der Waals surface area contributed by atoms with E-state index < -0.39 is 18.0 Å². The molecule has 0 radical (unpaired) electrons. The van der Waals surface area contributed by atoms with Crippen LogP contribution in [0.25, 0.3) is 11.0 Å². The van der Waals surface area contributed by atoms with Crippen molar-refractivity contribution in [1.82, 2.24) is 9.97 Å². The molecule has 5 nitrogen and oxygen atoms in total. The second-order valence-electron chi connectivity index (χ2n) is 3.85. The molecule has 0 saturated carbocycles. The average molecular weight is 250 g/mol. The maximum absolute atomic E-state index is 12.5. The standard InChI is InChI=1S/C11H8F2N4O/c12-10(13)8-5-9(18)17(16-8)11-14-6-3-1-2-4-7(6)15-11/h1-4,10H,5H2,(H,14,15). The van der Waals surface area contributed by atoms with Crippen LogP contribution in [0, 0.1) is 0 Å². The number of nitrogens with one attached hydrogen (secondary N) is 1. The number of rotatable bonds is 2. The lowest BCUT2D eigenvalue weighted by molar-refractivity contribution is -0.117. The Kier molecular flexibility index (Phi) is 2.32. The Labute approximate surface area is 100 Å². The largest absolute Gasteiger partial charge is 0.322 e. The number of hydrazone groups is 1. The summed E-state index contributed by atoms with van der Waals surface area (Å²) in [5.74, 6) is -0.346. The number of carbonyl (C=O) groups excluding carboxylic acids is 1. The molecule has 1 amide bonds. The molecular weight excluding hydrogens is 242 g/mol. The predicted octanol–water partition coefficient (Wildman–Crippen LogP) is 1.92.